The van der Waals surface area contributed by atoms with E-state index < -0.39 is 50.2 Å². The topological polar surface area (TPSA) is 59.1 Å². The summed E-state index contributed by atoms with van der Waals surface area (Å²) in [7, 11) is -4.30. The van der Waals surface area contributed by atoms with Crippen molar-refractivity contribution in [3.05, 3.63) is 59.2 Å². The van der Waals surface area contributed by atoms with E-state index in [1.807, 2.05) is 0 Å². The molecule has 0 bridgehead atoms. The maximum Gasteiger partial charge on any atom is 0.437 e. The molecule has 1 aliphatic carbocycles. The van der Waals surface area contributed by atoms with Gasteiger partial charge in [-0.2, -0.15) is 26.3 Å². The number of hydrogen-bond acceptors (Lipinski definition) is 4. The highest BCUT2D eigenvalue weighted by Crippen LogP contribution is 2.54. The molecule has 1 aliphatic heterocycles. The fraction of sp³-hybridized carbons (Fsp3) is 0.450. The first-order valence-corrected chi connectivity index (χ1v) is 11.2. The Morgan fingerprint density at radius 2 is 1.61 bits per heavy atom. The molecule has 0 spiro atoms. The van der Waals surface area contributed by atoms with E-state index in [1.54, 1.807) is 0 Å². The summed E-state index contributed by atoms with van der Waals surface area (Å²) in [5.41, 5.74) is -7.88. The third kappa shape index (κ3) is 3.26. The van der Waals surface area contributed by atoms with Crippen molar-refractivity contribution in [2.24, 2.45) is 0 Å². The van der Waals surface area contributed by atoms with E-state index in [0.29, 0.717) is 12.3 Å². The Bertz CT molecular complexity index is 1160. The third-order valence-corrected chi connectivity index (χ3v) is 8.90. The number of aryl methyl sites for hydroxylation is 1. The van der Waals surface area contributed by atoms with Gasteiger partial charge in [0.1, 0.15) is 10.6 Å². The number of pyridine rings is 1. The summed E-state index contributed by atoms with van der Waals surface area (Å²) in [4.78, 5) is 2.89. The van der Waals surface area contributed by atoms with Crippen molar-refractivity contribution in [1.82, 2.24) is 10.3 Å². The Labute approximate surface area is 182 Å². The molecule has 1 saturated heterocycles. The lowest BCUT2D eigenvalue weighted by atomic mass is 9.79. The van der Waals surface area contributed by atoms with Crippen molar-refractivity contribution in [2.75, 3.05) is 6.54 Å². The maximum absolute atomic E-state index is 14.5. The van der Waals surface area contributed by atoms with Gasteiger partial charge in [0, 0.05) is 12.2 Å². The Morgan fingerprint density at radius 1 is 1.00 bits per heavy atom. The standard InChI is InChI=1S/C20H16F8N2O2S/c21-12-2-4-13(5-3-12)33(31,32)17-7-8-29-15(17)6-1-11-9-16(30-10-14(11)17)18(22,19(23,24)25)20(26,27)28/h2-5,9-10,15,29H,1,6-8H2. The lowest BCUT2D eigenvalue weighted by molar-refractivity contribution is -0.350. The fourth-order valence-corrected chi connectivity index (χ4v) is 7.08. The second-order valence-corrected chi connectivity index (χ2v) is 10.2. The summed E-state index contributed by atoms with van der Waals surface area (Å²) >= 11 is 0. The van der Waals surface area contributed by atoms with E-state index >= 15 is 0 Å². The lowest BCUT2D eigenvalue weighted by Crippen LogP contribution is -2.52. The predicted octanol–water partition coefficient (Wildman–Crippen LogP) is 4.49. The van der Waals surface area contributed by atoms with Crippen molar-refractivity contribution >= 4 is 9.84 Å². The molecule has 1 N–H and O–H groups in total. The minimum atomic E-state index is -6.34. The van der Waals surface area contributed by atoms with E-state index in [4.69, 9.17) is 0 Å². The number of benzene rings is 1. The van der Waals surface area contributed by atoms with Crippen LogP contribution in [0.15, 0.2) is 41.4 Å². The molecule has 4 rings (SSSR count). The number of fused-ring (bicyclic) bond motifs is 3. The van der Waals surface area contributed by atoms with Crippen molar-refractivity contribution in [3.8, 4) is 0 Å². The zero-order valence-corrected chi connectivity index (χ0v) is 17.4. The van der Waals surface area contributed by atoms with Crippen molar-refractivity contribution in [2.45, 2.75) is 53.0 Å². The van der Waals surface area contributed by atoms with Crippen LogP contribution in [0.25, 0.3) is 0 Å². The van der Waals surface area contributed by atoms with Crippen LogP contribution in [-0.4, -0.2) is 38.3 Å². The SMILES string of the molecule is O=S(=O)(c1ccc(F)cc1)C12CCNC1CCc1cc(C(F)(C(F)(F)F)C(F)(F)F)ncc12. The number of sulfone groups is 1. The molecule has 33 heavy (non-hydrogen) atoms. The Hall–Kier alpha value is -2.28. The van der Waals surface area contributed by atoms with Gasteiger partial charge in [-0.05, 0) is 67.3 Å². The Balaban J connectivity index is 1.92. The molecule has 0 amide bonds. The average molecular weight is 500 g/mol. The minimum absolute atomic E-state index is 0.0509. The van der Waals surface area contributed by atoms with Gasteiger partial charge in [0.2, 0.25) is 0 Å². The summed E-state index contributed by atoms with van der Waals surface area (Å²) in [6, 6.07) is 3.56. The molecule has 2 aromatic rings. The fourth-order valence-electron chi connectivity index (χ4n) is 4.74. The lowest BCUT2D eigenvalue weighted by Gasteiger charge is -2.40. The van der Waals surface area contributed by atoms with Gasteiger partial charge in [-0.15, -0.1) is 0 Å². The molecule has 1 fully saturated rings. The van der Waals surface area contributed by atoms with E-state index in [2.05, 4.69) is 10.3 Å². The highest BCUT2D eigenvalue weighted by molar-refractivity contribution is 7.92. The second-order valence-electron chi connectivity index (χ2n) is 8.02. The van der Waals surface area contributed by atoms with E-state index in [0.717, 1.165) is 24.3 Å². The maximum atomic E-state index is 14.5. The summed E-state index contributed by atoms with van der Waals surface area (Å²) in [6.45, 7) is 0.199. The number of nitrogens with one attached hydrogen (secondary N) is 1. The molecule has 4 nitrogen and oxygen atoms in total. The smallest absolute Gasteiger partial charge is 0.312 e. The van der Waals surface area contributed by atoms with Gasteiger partial charge >= 0.3 is 18.0 Å². The first kappa shape index (κ1) is 23.9. The first-order valence-electron chi connectivity index (χ1n) is 9.72. The van der Waals surface area contributed by atoms with Gasteiger partial charge in [0.05, 0.1) is 10.6 Å². The molecule has 13 heteroatoms. The van der Waals surface area contributed by atoms with Gasteiger partial charge < -0.3 is 5.32 Å². The van der Waals surface area contributed by atoms with Crippen molar-refractivity contribution in [1.29, 1.82) is 0 Å². The molecule has 2 aliphatic rings. The summed E-state index contributed by atoms with van der Waals surface area (Å²) in [5, 5.41) is 3.01. The van der Waals surface area contributed by atoms with Crippen LogP contribution in [0, 0.1) is 5.82 Å². The number of alkyl halides is 7. The summed E-state index contributed by atoms with van der Waals surface area (Å²) in [5.74, 6) is -0.693. The van der Waals surface area contributed by atoms with Gasteiger partial charge in [0.25, 0.3) is 0 Å². The molecular weight excluding hydrogens is 484 g/mol. The van der Waals surface area contributed by atoms with E-state index in [9.17, 15) is 43.5 Å². The van der Waals surface area contributed by atoms with Gasteiger partial charge in [-0.3, -0.25) is 4.98 Å². The molecule has 0 saturated carbocycles. The van der Waals surface area contributed by atoms with Crippen LogP contribution in [0.3, 0.4) is 0 Å². The zero-order chi connectivity index (χ0) is 24.4. The van der Waals surface area contributed by atoms with Crippen LogP contribution in [0.1, 0.15) is 29.7 Å². The Kier molecular flexibility index (Phi) is 5.32. The summed E-state index contributed by atoms with van der Waals surface area (Å²) in [6.07, 6.45) is -12.2. The third-order valence-electron chi connectivity index (χ3n) is 6.34. The first-order chi connectivity index (χ1) is 15.2. The summed E-state index contributed by atoms with van der Waals surface area (Å²) < 4.78 is 132. The normalized spacial score (nSPS) is 23.8. The number of hydrogen-bond donors (Lipinski definition) is 1. The largest absolute Gasteiger partial charge is 0.437 e. The van der Waals surface area contributed by atoms with Crippen molar-refractivity contribution < 1.29 is 43.5 Å². The predicted molar refractivity (Wildman–Crippen MR) is 99.1 cm³/mol. The second kappa shape index (κ2) is 7.36. The van der Waals surface area contributed by atoms with Crippen LogP contribution in [-0.2, 0) is 26.7 Å². The average Bonchev–Trinajstić information content (AvgIpc) is 3.17. The monoisotopic (exact) mass is 500 g/mol. The quantitative estimate of drug-likeness (QED) is 0.499. The highest BCUT2D eigenvalue weighted by atomic mass is 32.2. The van der Waals surface area contributed by atoms with Crippen LogP contribution < -0.4 is 5.32 Å². The molecule has 2 unspecified atom stereocenters. The number of halogens is 8. The number of rotatable bonds is 3. The van der Waals surface area contributed by atoms with Gasteiger partial charge in [-0.25, -0.2) is 17.2 Å². The molecule has 1 aromatic carbocycles. The number of nitrogens with zero attached hydrogens (tertiary/aromatic N) is 1. The molecule has 1 aromatic heterocycles. The highest BCUT2D eigenvalue weighted by Gasteiger charge is 2.74. The van der Waals surface area contributed by atoms with Gasteiger partial charge in [-0.1, -0.05) is 0 Å². The molecule has 2 atom stereocenters. The van der Waals surface area contributed by atoms with Crippen molar-refractivity contribution in [3.63, 3.8) is 0 Å². The van der Waals surface area contributed by atoms with Crippen LogP contribution in [0.2, 0.25) is 0 Å². The van der Waals surface area contributed by atoms with E-state index in [1.165, 1.54) is 0 Å². The van der Waals surface area contributed by atoms with Crippen LogP contribution in [0.4, 0.5) is 35.1 Å². The van der Waals surface area contributed by atoms with Gasteiger partial charge in [0.15, 0.2) is 9.84 Å². The zero-order valence-electron chi connectivity index (χ0n) is 16.6. The van der Waals surface area contributed by atoms with Crippen LogP contribution >= 0.6 is 0 Å². The minimum Gasteiger partial charge on any atom is -0.312 e. The number of aromatic nitrogens is 1. The van der Waals surface area contributed by atoms with Crippen LogP contribution in [0.5, 0.6) is 0 Å². The Morgan fingerprint density at radius 3 is 2.18 bits per heavy atom. The molecular formula is C20H16F8N2O2S. The molecule has 180 valence electrons. The molecule has 0 radical (unpaired) electrons. The van der Waals surface area contributed by atoms with E-state index in [-0.39, 0.29) is 41.8 Å². The molecule has 2 heterocycles.